The van der Waals surface area contributed by atoms with Gasteiger partial charge in [0, 0.05) is 29.8 Å². The standard InChI is InChI=1S/C23H20N4O7/c1-33-22-11-4-17(12-18(22)15-34-21-9-7-20(8-10-21)27(31)32)14-24-25-23(28)13-16-2-5-19(6-3-16)26(29)30/h2-12,14H,13,15H2,1H3,(H,25,28)/b24-14-. The molecule has 0 saturated heterocycles. The predicted molar refractivity (Wildman–Crippen MR) is 123 cm³/mol. The van der Waals surface area contributed by atoms with Gasteiger partial charge in [-0.05, 0) is 41.5 Å². The van der Waals surface area contributed by atoms with Crippen molar-refractivity contribution in [1.82, 2.24) is 5.43 Å². The summed E-state index contributed by atoms with van der Waals surface area (Å²) < 4.78 is 11.0. The number of benzene rings is 3. The third-order valence-corrected chi connectivity index (χ3v) is 4.66. The first kappa shape index (κ1) is 23.9. The molecule has 0 bridgehead atoms. The molecule has 0 aliphatic heterocycles. The average Bonchev–Trinajstić information content (AvgIpc) is 2.83. The van der Waals surface area contributed by atoms with Crippen molar-refractivity contribution in [2.45, 2.75) is 13.0 Å². The van der Waals surface area contributed by atoms with Gasteiger partial charge in [0.05, 0.1) is 29.6 Å². The third kappa shape index (κ3) is 6.60. The van der Waals surface area contributed by atoms with Crippen LogP contribution in [0.4, 0.5) is 11.4 Å². The number of rotatable bonds is 10. The number of methoxy groups -OCH3 is 1. The first-order valence-corrected chi connectivity index (χ1v) is 9.95. The number of nitrogens with one attached hydrogen (secondary N) is 1. The highest BCUT2D eigenvalue weighted by Gasteiger charge is 2.09. The maximum atomic E-state index is 12.1. The first-order chi connectivity index (χ1) is 16.4. The second-order valence-corrected chi connectivity index (χ2v) is 7.00. The summed E-state index contributed by atoms with van der Waals surface area (Å²) in [6, 6.07) is 16.7. The molecule has 0 atom stereocenters. The molecule has 3 rings (SSSR count). The molecule has 174 valence electrons. The van der Waals surface area contributed by atoms with Crippen molar-refractivity contribution in [2.75, 3.05) is 7.11 Å². The Kier molecular flexibility index (Phi) is 7.84. The van der Waals surface area contributed by atoms with E-state index >= 15 is 0 Å². The zero-order chi connectivity index (χ0) is 24.5. The fraction of sp³-hybridized carbons (Fsp3) is 0.130. The molecule has 0 heterocycles. The Labute approximate surface area is 193 Å². The number of hydrogen-bond acceptors (Lipinski definition) is 8. The molecule has 0 aliphatic rings. The Hall–Kier alpha value is -4.80. The molecule has 1 amide bonds. The lowest BCUT2D eigenvalue weighted by Crippen LogP contribution is -2.19. The largest absolute Gasteiger partial charge is 0.496 e. The number of non-ortho nitro benzene ring substituents is 2. The number of ether oxygens (including phenoxy) is 2. The van der Waals surface area contributed by atoms with Crippen molar-refractivity contribution in [3.63, 3.8) is 0 Å². The lowest BCUT2D eigenvalue weighted by molar-refractivity contribution is -0.385. The lowest BCUT2D eigenvalue weighted by Gasteiger charge is -2.11. The van der Waals surface area contributed by atoms with Gasteiger partial charge in [0.15, 0.2) is 0 Å². The number of carbonyl (C=O) groups is 1. The van der Waals surface area contributed by atoms with Crippen LogP contribution in [-0.2, 0) is 17.8 Å². The summed E-state index contributed by atoms with van der Waals surface area (Å²) in [6.07, 6.45) is 1.48. The summed E-state index contributed by atoms with van der Waals surface area (Å²) in [5.74, 6) is 0.673. The fourth-order valence-electron chi connectivity index (χ4n) is 2.96. The molecule has 0 aromatic heterocycles. The summed E-state index contributed by atoms with van der Waals surface area (Å²) in [6.45, 7) is 0.148. The number of hydrogen-bond donors (Lipinski definition) is 1. The third-order valence-electron chi connectivity index (χ3n) is 4.66. The molecule has 0 radical (unpaired) electrons. The van der Waals surface area contributed by atoms with Crippen LogP contribution in [0, 0.1) is 20.2 Å². The summed E-state index contributed by atoms with van der Waals surface area (Å²) >= 11 is 0. The van der Waals surface area contributed by atoms with Crippen LogP contribution in [0.25, 0.3) is 0 Å². The number of carbonyl (C=O) groups excluding carboxylic acids is 1. The van der Waals surface area contributed by atoms with Gasteiger partial charge in [-0.3, -0.25) is 25.0 Å². The smallest absolute Gasteiger partial charge is 0.269 e. The van der Waals surface area contributed by atoms with Crippen molar-refractivity contribution in [3.8, 4) is 11.5 Å². The van der Waals surface area contributed by atoms with Crippen LogP contribution in [0.1, 0.15) is 16.7 Å². The number of hydrazone groups is 1. The van der Waals surface area contributed by atoms with Gasteiger partial charge >= 0.3 is 0 Å². The van der Waals surface area contributed by atoms with Crippen molar-refractivity contribution in [2.24, 2.45) is 5.10 Å². The minimum atomic E-state index is -0.506. The molecule has 0 fully saturated rings. The average molecular weight is 464 g/mol. The van der Waals surface area contributed by atoms with E-state index in [1.54, 1.807) is 18.2 Å². The van der Waals surface area contributed by atoms with Crippen LogP contribution in [0.3, 0.4) is 0 Å². The van der Waals surface area contributed by atoms with E-state index in [2.05, 4.69) is 10.5 Å². The van der Waals surface area contributed by atoms with Crippen LogP contribution in [0.2, 0.25) is 0 Å². The zero-order valence-electron chi connectivity index (χ0n) is 18.0. The minimum absolute atomic E-state index is 0.0201. The Morgan fingerprint density at radius 3 is 2.18 bits per heavy atom. The molecule has 11 heteroatoms. The molecule has 1 N–H and O–H groups in total. The number of amides is 1. The Balaban J connectivity index is 1.58. The van der Waals surface area contributed by atoms with E-state index in [0.29, 0.717) is 28.2 Å². The van der Waals surface area contributed by atoms with Gasteiger partial charge in [-0.15, -0.1) is 0 Å². The monoisotopic (exact) mass is 464 g/mol. The maximum absolute atomic E-state index is 12.1. The number of nitro benzene ring substituents is 2. The van der Waals surface area contributed by atoms with Gasteiger partial charge in [-0.2, -0.15) is 5.10 Å². The highest BCUT2D eigenvalue weighted by Crippen LogP contribution is 2.23. The van der Waals surface area contributed by atoms with E-state index in [0.717, 1.165) is 0 Å². The molecule has 0 spiro atoms. The zero-order valence-corrected chi connectivity index (χ0v) is 18.0. The van der Waals surface area contributed by atoms with E-state index in [1.165, 1.54) is 61.9 Å². The number of nitro groups is 2. The molecule has 0 saturated carbocycles. The van der Waals surface area contributed by atoms with Crippen LogP contribution in [0.5, 0.6) is 11.5 Å². The van der Waals surface area contributed by atoms with E-state index in [9.17, 15) is 25.0 Å². The maximum Gasteiger partial charge on any atom is 0.269 e. The minimum Gasteiger partial charge on any atom is -0.496 e. The van der Waals surface area contributed by atoms with Crippen molar-refractivity contribution in [1.29, 1.82) is 0 Å². The van der Waals surface area contributed by atoms with E-state index in [1.807, 2.05) is 0 Å². The topological polar surface area (TPSA) is 146 Å². The Morgan fingerprint density at radius 1 is 0.971 bits per heavy atom. The highest BCUT2D eigenvalue weighted by molar-refractivity contribution is 5.83. The van der Waals surface area contributed by atoms with Crippen molar-refractivity contribution >= 4 is 23.5 Å². The quantitative estimate of drug-likeness (QED) is 0.273. The predicted octanol–water partition coefficient (Wildman–Crippen LogP) is 3.78. The second kappa shape index (κ2) is 11.2. The first-order valence-electron chi connectivity index (χ1n) is 9.95. The molecule has 0 unspecified atom stereocenters. The van der Waals surface area contributed by atoms with Gasteiger partial charge < -0.3 is 9.47 Å². The van der Waals surface area contributed by atoms with Gasteiger partial charge in [0.2, 0.25) is 5.91 Å². The van der Waals surface area contributed by atoms with Crippen LogP contribution < -0.4 is 14.9 Å². The molecule has 11 nitrogen and oxygen atoms in total. The van der Waals surface area contributed by atoms with Gasteiger partial charge in [0.25, 0.3) is 11.4 Å². The molecule has 3 aromatic rings. The van der Waals surface area contributed by atoms with E-state index < -0.39 is 9.85 Å². The second-order valence-electron chi connectivity index (χ2n) is 7.00. The summed E-state index contributed by atoms with van der Waals surface area (Å²) in [5.41, 5.74) is 4.35. The van der Waals surface area contributed by atoms with E-state index in [4.69, 9.17) is 9.47 Å². The normalized spacial score (nSPS) is 10.6. The molecular weight excluding hydrogens is 444 g/mol. The van der Waals surface area contributed by atoms with Crippen molar-refractivity contribution in [3.05, 3.63) is 104 Å². The highest BCUT2D eigenvalue weighted by atomic mass is 16.6. The molecule has 3 aromatic carbocycles. The van der Waals surface area contributed by atoms with Crippen LogP contribution in [0.15, 0.2) is 71.8 Å². The van der Waals surface area contributed by atoms with Crippen molar-refractivity contribution < 1.29 is 24.1 Å². The Bertz CT molecular complexity index is 1210. The van der Waals surface area contributed by atoms with Gasteiger partial charge in [-0.25, -0.2) is 5.43 Å². The fourth-order valence-corrected chi connectivity index (χ4v) is 2.96. The van der Waals surface area contributed by atoms with Gasteiger partial charge in [0.1, 0.15) is 18.1 Å². The molecule has 0 aliphatic carbocycles. The van der Waals surface area contributed by atoms with Gasteiger partial charge in [-0.1, -0.05) is 12.1 Å². The lowest BCUT2D eigenvalue weighted by atomic mass is 10.1. The summed E-state index contributed by atoms with van der Waals surface area (Å²) in [5, 5.41) is 25.4. The SMILES string of the molecule is COc1ccc(/C=N\NC(=O)Cc2ccc([N+](=O)[O-])cc2)cc1COc1ccc([N+](=O)[O-])cc1. The summed E-state index contributed by atoms with van der Waals surface area (Å²) in [4.78, 5) is 32.5. The van der Waals surface area contributed by atoms with Crippen LogP contribution in [-0.4, -0.2) is 29.1 Å². The Morgan fingerprint density at radius 2 is 1.59 bits per heavy atom. The molecule has 34 heavy (non-hydrogen) atoms. The van der Waals surface area contributed by atoms with E-state index in [-0.39, 0.29) is 30.3 Å². The summed E-state index contributed by atoms with van der Waals surface area (Å²) in [7, 11) is 1.52. The number of nitrogens with zero attached hydrogens (tertiary/aromatic N) is 3. The van der Waals surface area contributed by atoms with Crippen LogP contribution >= 0.6 is 0 Å². The molecular formula is C23H20N4O7.